The molecule has 1 heterocycles. The first-order valence-electron chi connectivity index (χ1n) is 5.09. The zero-order valence-electron chi connectivity index (χ0n) is 9.32. The van der Waals surface area contributed by atoms with Gasteiger partial charge in [-0.25, -0.2) is 0 Å². The van der Waals surface area contributed by atoms with E-state index < -0.39 is 16.4 Å². The summed E-state index contributed by atoms with van der Waals surface area (Å²) < 4.78 is 20.1. The fourth-order valence-corrected chi connectivity index (χ4v) is 2.09. The summed E-state index contributed by atoms with van der Waals surface area (Å²) in [6.45, 7) is 0.335. The second kappa shape index (κ2) is 5.70. The predicted molar refractivity (Wildman–Crippen MR) is 74.5 cm³/mol. The number of halogens is 3. The van der Waals surface area contributed by atoms with Gasteiger partial charge >= 0.3 is 5.69 Å². The molecular weight excluding hydrogens is 387 g/mol. The molecule has 0 spiro atoms. The molecule has 2 rings (SSSR count). The van der Waals surface area contributed by atoms with Gasteiger partial charge in [-0.3, -0.25) is 10.1 Å². The van der Waals surface area contributed by atoms with Crippen LogP contribution < -0.4 is 5.32 Å². The van der Waals surface area contributed by atoms with Crippen molar-refractivity contribution in [2.75, 3.05) is 5.32 Å². The Bertz CT molecular complexity index is 611. The van der Waals surface area contributed by atoms with Gasteiger partial charge in [0.1, 0.15) is 5.76 Å². The number of anilines is 1. The summed E-state index contributed by atoms with van der Waals surface area (Å²) in [5.41, 5.74) is -0.110. The molecule has 0 saturated carbocycles. The molecule has 1 aromatic heterocycles. The lowest BCUT2D eigenvalue weighted by Crippen LogP contribution is -2.00. The molecular formula is C11H7Br2FN2O3. The first-order chi connectivity index (χ1) is 8.97. The first-order valence-corrected chi connectivity index (χ1v) is 6.67. The fourth-order valence-electron chi connectivity index (χ4n) is 1.43. The van der Waals surface area contributed by atoms with E-state index in [1.165, 1.54) is 6.07 Å². The van der Waals surface area contributed by atoms with Crippen LogP contribution in [0.15, 0.2) is 37.8 Å². The van der Waals surface area contributed by atoms with Gasteiger partial charge in [-0.2, -0.15) is 4.39 Å². The van der Waals surface area contributed by atoms with Crippen LogP contribution in [-0.4, -0.2) is 4.92 Å². The van der Waals surface area contributed by atoms with Crippen LogP contribution in [-0.2, 0) is 6.54 Å². The molecule has 100 valence electrons. The topological polar surface area (TPSA) is 68.3 Å². The second-order valence-corrected chi connectivity index (χ2v) is 5.19. The van der Waals surface area contributed by atoms with Gasteiger partial charge in [-0.15, -0.1) is 0 Å². The summed E-state index contributed by atoms with van der Waals surface area (Å²) in [4.78, 5) is 9.71. The lowest BCUT2D eigenvalue weighted by molar-refractivity contribution is -0.387. The molecule has 0 unspecified atom stereocenters. The number of nitrogens with zero attached hydrogens (tertiary/aromatic N) is 1. The third kappa shape index (κ3) is 3.32. The van der Waals surface area contributed by atoms with E-state index in [1.807, 2.05) is 0 Å². The van der Waals surface area contributed by atoms with E-state index in [2.05, 4.69) is 37.2 Å². The van der Waals surface area contributed by atoms with Crippen molar-refractivity contribution < 1.29 is 13.7 Å². The molecule has 1 N–H and O–H groups in total. The van der Waals surface area contributed by atoms with Crippen LogP contribution in [0.3, 0.4) is 0 Å². The van der Waals surface area contributed by atoms with E-state index in [0.29, 0.717) is 22.7 Å². The maximum Gasteiger partial charge on any atom is 0.304 e. The Morgan fingerprint density at radius 1 is 1.37 bits per heavy atom. The van der Waals surface area contributed by atoms with E-state index in [0.717, 1.165) is 16.6 Å². The predicted octanol–water partition coefficient (Wildman–Crippen LogP) is 4.46. The number of rotatable bonds is 4. The summed E-state index contributed by atoms with van der Waals surface area (Å²) in [5, 5.41) is 13.4. The SMILES string of the molecule is O=[N+]([O-])c1ccc(NCc2cc(Br)c(Br)o2)cc1F. The highest BCUT2D eigenvalue weighted by Gasteiger charge is 2.14. The third-order valence-corrected chi connectivity index (χ3v) is 4.02. The van der Waals surface area contributed by atoms with Crippen LogP contribution in [0.4, 0.5) is 15.8 Å². The van der Waals surface area contributed by atoms with Crippen molar-refractivity contribution in [1.29, 1.82) is 0 Å². The molecule has 0 aliphatic carbocycles. The van der Waals surface area contributed by atoms with Crippen molar-refractivity contribution in [3.05, 3.63) is 55.1 Å². The Kier molecular flexibility index (Phi) is 4.20. The molecule has 0 atom stereocenters. The molecule has 2 aromatic rings. The summed E-state index contributed by atoms with van der Waals surface area (Å²) >= 11 is 6.48. The minimum absolute atomic E-state index is 0.335. The van der Waals surface area contributed by atoms with Crippen LogP contribution >= 0.6 is 31.9 Å². The Balaban J connectivity index is 2.08. The zero-order chi connectivity index (χ0) is 14.0. The molecule has 0 bridgehead atoms. The first kappa shape index (κ1) is 14.0. The smallest absolute Gasteiger partial charge is 0.304 e. The summed E-state index contributed by atoms with van der Waals surface area (Å²) in [7, 11) is 0. The lowest BCUT2D eigenvalue weighted by atomic mass is 10.2. The Morgan fingerprint density at radius 3 is 2.63 bits per heavy atom. The maximum atomic E-state index is 13.4. The molecule has 5 nitrogen and oxygen atoms in total. The van der Waals surface area contributed by atoms with Crippen molar-refractivity contribution >= 4 is 43.2 Å². The molecule has 0 aliphatic rings. The minimum Gasteiger partial charge on any atom is -0.451 e. The molecule has 19 heavy (non-hydrogen) atoms. The Labute approximate surface area is 124 Å². The number of hydrogen-bond acceptors (Lipinski definition) is 4. The van der Waals surface area contributed by atoms with Crippen LogP contribution in [0.25, 0.3) is 0 Å². The van der Waals surface area contributed by atoms with Gasteiger partial charge in [0.2, 0.25) is 5.82 Å². The third-order valence-electron chi connectivity index (χ3n) is 2.31. The fraction of sp³-hybridized carbons (Fsp3) is 0.0909. The van der Waals surface area contributed by atoms with Crippen LogP contribution in [0, 0.1) is 15.9 Å². The van der Waals surface area contributed by atoms with Crippen molar-refractivity contribution in [3.63, 3.8) is 0 Å². The number of nitrogens with one attached hydrogen (secondary N) is 1. The maximum absolute atomic E-state index is 13.4. The van der Waals surface area contributed by atoms with Crippen molar-refractivity contribution in [1.82, 2.24) is 0 Å². The minimum atomic E-state index is -0.878. The average molecular weight is 394 g/mol. The quantitative estimate of drug-likeness (QED) is 0.614. The number of benzene rings is 1. The lowest BCUT2D eigenvalue weighted by Gasteiger charge is -2.04. The van der Waals surface area contributed by atoms with Gasteiger partial charge in [0.25, 0.3) is 0 Å². The molecule has 0 aliphatic heterocycles. The molecule has 0 radical (unpaired) electrons. The second-order valence-electron chi connectivity index (χ2n) is 3.61. The standard InChI is InChI=1S/C11H7Br2FN2O3/c12-8-4-7(19-11(8)13)5-15-6-1-2-10(16(17)18)9(14)3-6/h1-4,15H,5H2. The van der Waals surface area contributed by atoms with Crippen LogP contribution in [0.5, 0.6) is 0 Å². The zero-order valence-corrected chi connectivity index (χ0v) is 12.5. The number of hydrogen-bond donors (Lipinski definition) is 1. The average Bonchev–Trinajstić information content (AvgIpc) is 2.66. The summed E-state index contributed by atoms with van der Waals surface area (Å²) in [6.07, 6.45) is 0. The molecule has 8 heteroatoms. The van der Waals surface area contributed by atoms with Gasteiger partial charge in [0.05, 0.1) is 15.9 Å². The molecule has 1 aromatic carbocycles. The van der Waals surface area contributed by atoms with Gasteiger partial charge < -0.3 is 9.73 Å². The van der Waals surface area contributed by atoms with Gasteiger partial charge in [0, 0.05) is 17.8 Å². The van der Waals surface area contributed by atoms with Crippen molar-refractivity contribution in [2.45, 2.75) is 6.54 Å². The van der Waals surface area contributed by atoms with E-state index >= 15 is 0 Å². The van der Waals surface area contributed by atoms with E-state index in [-0.39, 0.29) is 0 Å². The van der Waals surface area contributed by atoms with Crippen molar-refractivity contribution in [2.24, 2.45) is 0 Å². The number of nitro groups is 1. The highest BCUT2D eigenvalue weighted by atomic mass is 79.9. The van der Waals surface area contributed by atoms with E-state index in [4.69, 9.17) is 4.42 Å². The monoisotopic (exact) mass is 392 g/mol. The van der Waals surface area contributed by atoms with Crippen LogP contribution in [0.1, 0.15) is 5.76 Å². The normalized spacial score (nSPS) is 10.5. The molecule has 0 saturated heterocycles. The van der Waals surface area contributed by atoms with Gasteiger partial charge in [0.15, 0.2) is 4.67 Å². The van der Waals surface area contributed by atoms with Crippen molar-refractivity contribution in [3.8, 4) is 0 Å². The summed E-state index contributed by atoms with van der Waals surface area (Å²) in [6, 6.07) is 5.39. The van der Waals surface area contributed by atoms with E-state index in [1.54, 1.807) is 6.07 Å². The molecule has 0 fully saturated rings. The van der Waals surface area contributed by atoms with Gasteiger partial charge in [-0.05, 0) is 44.0 Å². The highest BCUT2D eigenvalue weighted by Crippen LogP contribution is 2.27. The number of furan rings is 1. The number of nitro benzene ring substituents is 1. The Morgan fingerprint density at radius 2 is 2.11 bits per heavy atom. The highest BCUT2D eigenvalue weighted by molar-refractivity contribution is 9.13. The van der Waals surface area contributed by atoms with E-state index in [9.17, 15) is 14.5 Å². The van der Waals surface area contributed by atoms with Crippen LogP contribution in [0.2, 0.25) is 0 Å². The largest absolute Gasteiger partial charge is 0.451 e. The summed E-state index contributed by atoms with van der Waals surface area (Å²) in [5.74, 6) is -0.241. The molecule has 0 amide bonds. The van der Waals surface area contributed by atoms with Gasteiger partial charge in [-0.1, -0.05) is 0 Å². The Hall–Kier alpha value is -1.41.